The van der Waals surface area contributed by atoms with E-state index >= 15 is 0 Å². The quantitative estimate of drug-likeness (QED) is 0.755. The Bertz CT molecular complexity index is 263. The lowest BCUT2D eigenvalue weighted by molar-refractivity contribution is 0.332. The number of rotatable bonds is 3. The van der Waals surface area contributed by atoms with Gasteiger partial charge in [-0.25, -0.2) is 0 Å². The highest BCUT2D eigenvalue weighted by Crippen LogP contribution is 2.30. The van der Waals surface area contributed by atoms with Crippen molar-refractivity contribution in [2.75, 3.05) is 12.9 Å². The molecule has 0 radical (unpaired) electrons. The third-order valence-corrected chi connectivity index (χ3v) is 2.70. The largest absolute Gasteiger partial charge is 0.493 e. The summed E-state index contributed by atoms with van der Waals surface area (Å²) in [6.45, 7) is 2.70. The zero-order valence-electron chi connectivity index (χ0n) is 7.13. The molecule has 1 aromatic carbocycles. The molecule has 0 aliphatic carbocycles. The summed E-state index contributed by atoms with van der Waals surface area (Å²) in [7, 11) is 0. The summed E-state index contributed by atoms with van der Waals surface area (Å²) < 4.78 is 6.52. The van der Waals surface area contributed by atoms with Gasteiger partial charge in [-0.3, -0.25) is 0 Å². The molecule has 0 atom stereocenters. The number of benzene rings is 1. The van der Waals surface area contributed by atoms with Gasteiger partial charge >= 0.3 is 0 Å². The second-order valence-electron chi connectivity index (χ2n) is 2.23. The lowest BCUT2D eigenvalue weighted by Gasteiger charge is -2.07. The van der Waals surface area contributed by atoms with Gasteiger partial charge in [0.15, 0.2) is 0 Å². The van der Waals surface area contributed by atoms with E-state index in [1.54, 1.807) is 11.8 Å². The van der Waals surface area contributed by atoms with Crippen LogP contribution in [0.5, 0.6) is 5.75 Å². The van der Waals surface area contributed by atoms with E-state index in [4.69, 9.17) is 4.74 Å². The molecule has 0 unspecified atom stereocenters. The van der Waals surface area contributed by atoms with Gasteiger partial charge in [-0.2, -0.15) is 0 Å². The molecule has 3 heteroatoms. The fourth-order valence-corrected chi connectivity index (χ4v) is 1.78. The third kappa shape index (κ3) is 2.42. The van der Waals surface area contributed by atoms with Crippen LogP contribution in [0.25, 0.3) is 0 Å². The molecule has 0 fully saturated rings. The molecule has 0 saturated carbocycles. The van der Waals surface area contributed by atoms with Gasteiger partial charge in [-0.1, -0.05) is 15.9 Å². The van der Waals surface area contributed by atoms with Crippen LogP contribution in [0.2, 0.25) is 0 Å². The highest BCUT2D eigenvalue weighted by molar-refractivity contribution is 9.10. The first-order chi connectivity index (χ1) is 5.77. The average Bonchev–Trinajstić information content (AvgIpc) is 2.05. The molecular weight excluding hydrogens is 236 g/mol. The first-order valence-electron chi connectivity index (χ1n) is 3.74. The van der Waals surface area contributed by atoms with Crippen molar-refractivity contribution in [1.29, 1.82) is 0 Å². The van der Waals surface area contributed by atoms with Crippen molar-refractivity contribution in [2.24, 2.45) is 0 Å². The maximum Gasteiger partial charge on any atom is 0.133 e. The number of hydrogen-bond acceptors (Lipinski definition) is 2. The van der Waals surface area contributed by atoms with Crippen LogP contribution >= 0.6 is 27.7 Å². The van der Waals surface area contributed by atoms with E-state index in [-0.39, 0.29) is 0 Å². The summed E-state index contributed by atoms with van der Waals surface area (Å²) in [4.78, 5) is 1.18. The van der Waals surface area contributed by atoms with Crippen LogP contribution in [0.15, 0.2) is 27.6 Å². The van der Waals surface area contributed by atoms with Gasteiger partial charge in [0.25, 0.3) is 0 Å². The number of hydrogen-bond donors (Lipinski definition) is 0. The van der Waals surface area contributed by atoms with Crippen LogP contribution in [-0.2, 0) is 0 Å². The Morgan fingerprint density at radius 2 is 2.25 bits per heavy atom. The lowest BCUT2D eigenvalue weighted by atomic mass is 10.3. The van der Waals surface area contributed by atoms with Crippen LogP contribution < -0.4 is 4.74 Å². The zero-order valence-corrected chi connectivity index (χ0v) is 9.54. The topological polar surface area (TPSA) is 9.23 Å². The molecule has 0 heterocycles. The van der Waals surface area contributed by atoms with Crippen LogP contribution in [-0.4, -0.2) is 12.9 Å². The van der Waals surface area contributed by atoms with Crippen molar-refractivity contribution in [3.63, 3.8) is 0 Å². The Morgan fingerprint density at radius 1 is 1.50 bits per heavy atom. The maximum absolute atomic E-state index is 5.46. The lowest BCUT2D eigenvalue weighted by Crippen LogP contribution is -1.92. The predicted octanol–water partition coefficient (Wildman–Crippen LogP) is 3.57. The molecule has 0 bridgehead atoms. The smallest absolute Gasteiger partial charge is 0.133 e. The van der Waals surface area contributed by atoms with Gasteiger partial charge < -0.3 is 4.74 Å². The van der Waals surface area contributed by atoms with Gasteiger partial charge in [-0.05, 0) is 31.4 Å². The molecule has 0 spiro atoms. The molecule has 0 aromatic heterocycles. The SMILES string of the molecule is CCOc1cc(Br)ccc1SC. The van der Waals surface area contributed by atoms with E-state index in [0.29, 0.717) is 6.61 Å². The van der Waals surface area contributed by atoms with Gasteiger partial charge in [0, 0.05) is 9.37 Å². The predicted molar refractivity (Wildman–Crippen MR) is 57.1 cm³/mol. The molecule has 0 amide bonds. The first-order valence-corrected chi connectivity index (χ1v) is 5.76. The molecule has 0 aliphatic heterocycles. The fourth-order valence-electron chi connectivity index (χ4n) is 0.919. The summed E-state index contributed by atoms with van der Waals surface area (Å²) in [5, 5.41) is 0. The normalized spacial score (nSPS) is 9.92. The van der Waals surface area contributed by atoms with Crippen molar-refractivity contribution in [3.05, 3.63) is 22.7 Å². The Balaban J connectivity index is 2.95. The Hall–Kier alpha value is -0.150. The minimum absolute atomic E-state index is 0.712. The summed E-state index contributed by atoms with van der Waals surface area (Å²) in [6, 6.07) is 6.07. The minimum Gasteiger partial charge on any atom is -0.493 e. The van der Waals surface area contributed by atoms with Gasteiger partial charge in [0.1, 0.15) is 5.75 Å². The number of halogens is 1. The molecule has 0 aliphatic rings. The van der Waals surface area contributed by atoms with E-state index in [1.165, 1.54) is 4.90 Å². The highest BCUT2D eigenvalue weighted by atomic mass is 79.9. The van der Waals surface area contributed by atoms with E-state index in [1.807, 2.05) is 25.3 Å². The summed E-state index contributed by atoms with van der Waals surface area (Å²) in [5.41, 5.74) is 0. The summed E-state index contributed by atoms with van der Waals surface area (Å²) in [6.07, 6.45) is 2.05. The average molecular weight is 247 g/mol. The van der Waals surface area contributed by atoms with Crippen LogP contribution in [0.4, 0.5) is 0 Å². The second kappa shape index (κ2) is 4.77. The van der Waals surface area contributed by atoms with E-state index < -0.39 is 0 Å². The van der Waals surface area contributed by atoms with E-state index in [0.717, 1.165) is 10.2 Å². The monoisotopic (exact) mass is 246 g/mol. The number of thioether (sulfide) groups is 1. The molecule has 0 saturated heterocycles. The molecule has 1 aromatic rings. The maximum atomic E-state index is 5.46. The standard InChI is InChI=1S/C9H11BrOS/c1-3-11-8-6-7(10)4-5-9(8)12-2/h4-6H,3H2,1-2H3. The number of ether oxygens (including phenoxy) is 1. The van der Waals surface area contributed by atoms with Crippen molar-refractivity contribution in [2.45, 2.75) is 11.8 Å². The second-order valence-corrected chi connectivity index (χ2v) is 3.99. The Labute approximate surface area is 85.6 Å². The minimum atomic E-state index is 0.712. The summed E-state index contributed by atoms with van der Waals surface area (Å²) >= 11 is 5.10. The van der Waals surface area contributed by atoms with Gasteiger partial charge in [0.05, 0.1) is 6.61 Å². The van der Waals surface area contributed by atoms with Crippen molar-refractivity contribution in [1.82, 2.24) is 0 Å². The van der Waals surface area contributed by atoms with Crippen LogP contribution in [0.1, 0.15) is 6.92 Å². The van der Waals surface area contributed by atoms with E-state index in [9.17, 15) is 0 Å². The molecule has 66 valence electrons. The Morgan fingerprint density at radius 3 is 2.83 bits per heavy atom. The zero-order chi connectivity index (χ0) is 8.97. The highest BCUT2D eigenvalue weighted by Gasteiger charge is 2.01. The van der Waals surface area contributed by atoms with Crippen molar-refractivity contribution in [3.8, 4) is 5.75 Å². The summed E-state index contributed by atoms with van der Waals surface area (Å²) in [5.74, 6) is 0.958. The first kappa shape index (κ1) is 9.93. The molecular formula is C9H11BrOS. The van der Waals surface area contributed by atoms with Gasteiger partial charge in [-0.15, -0.1) is 11.8 Å². The molecule has 1 nitrogen and oxygen atoms in total. The fraction of sp³-hybridized carbons (Fsp3) is 0.333. The van der Waals surface area contributed by atoms with Crippen LogP contribution in [0.3, 0.4) is 0 Å². The Kier molecular flexibility index (Phi) is 3.95. The molecule has 12 heavy (non-hydrogen) atoms. The molecule has 1 rings (SSSR count). The third-order valence-electron chi connectivity index (χ3n) is 1.43. The van der Waals surface area contributed by atoms with Crippen molar-refractivity contribution < 1.29 is 4.74 Å². The van der Waals surface area contributed by atoms with E-state index in [2.05, 4.69) is 22.0 Å². The van der Waals surface area contributed by atoms with Crippen LogP contribution in [0, 0.1) is 0 Å². The van der Waals surface area contributed by atoms with Crippen molar-refractivity contribution >= 4 is 27.7 Å². The van der Waals surface area contributed by atoms with Gasteiger partial charge in [0.2, 0.25) is 0 Å². The molecule has 0 N–H and O–H groups in total.